The number of hydrogen-bond acceptors (Lipinski definition) is 10. The van der Waals surface area contributed by atoms with Gasteiger partial charge in [0.2, 0.25) is 17.7 Å². The number of nitrogens with one attached hydrogen (secondary N) is 5. The zero-order valence-corrected chi connectivity index (χ0v) is 38.5. The van der Waals surface area contributed by atoms with Crippen molar-refractivity contribution in [1.29, 1.82) is 0 Å². The number of fused-ring (bicyclic) bond motifs is 3. The lowest BCUT2D eigenvalue weighted by Gasteiger charge is -2.39. The van der Waals surface area contributed by atoms with Crippen molar-refractivity contribution in [2.45, 2.75) is 101 Å². The SMILES string of the molecule is COc1cc(C(=O)N2CCC[C@H](Nc3ccc4c(c3)CN(C3CCC(=O)NC3=O)C4=O)C2)ccc1NC(=O)[C@@H]1N[C@@H](CC(C)(C)C)[C@@]2(CNc3cc(C(F)(F)F)ncc32)[C@H]1c1cccc(Cl)c1F. The molecular formula is C49H51ClF4N8O6. The molecule has 19 heteroatoms. The van der Waals surface area contributed by atoms with Crippen LogP contribution >= 0.6 is 11.6 Å². The van der Waals surface area contributed by atoms with E-state index in [1.54, 1.807) is 47.4 Å². The first-order chi connectivity index (χ1) is 32.2. The molecule has 68 heavy (non-hydrogen) atoms. The number of aromatic nitrogens is 1. The molecule has 1 aromatic heterocycles. The molecule has 5 N–H and O–H groups in total. The standard InChI is InChI=1S/C49H51ClF4N8O6/c1-47(2,3)20-38-48(24-56-34-19-37(49(52,53)54)55-21-31(34)48)40(30-8-5-9-32(50)41(30)51)42(59-38)44(65)58-33-13-10-25(18-36(33)68-4)45(66)61-16-6-7-28(23-61)57-27-11-12-29-26(17-27)22-62(46(29)67)35-14-15-39(63)60-43(35)64/h5,8-13,17-19,21,28,35,38,40,42,56-57,59H,6-7,14-16,20,22-24H2,1-4H3,(H,58,65)(H,60,63,64)/t28-,35?,38-,40-,42+,48-/m0/s1. The lowest BCUT2D eigenvalue weighted by Crippen LogP contribution is -2.52. The average Bonchev–Trinajstić information content (AvgIpc) is 3.94. The second kappa shape index (κ2) is 17.7. The smallest absolute Gasteiger partial charge is 0.433 e. The van der Waals surface area contributed by atoms with E-state index in [1.165, 1.54) is 24.3 Å². The van der Waals surface area contributed by atoms with Crippen LogP contribution in [0, 0.1) is 11.2 Å². The molecule has 9 rings (SSSR count). The first kappa shape index (κ1) is 46.8. The third-order valence-corrected chi connectivity index (χ3v) is 14.2. The second-order valence-corrected chi connectivity index (χ2v) is 19.9. The van der Waals surface area contributed by atoms with Crippen LogP contribution in [0.2, 0.25) is 5.02 Å². The number of imide groups is 1. The van der Waals surface area contributed by atoms with Crippen molar-refractivity contribution in [3.63, 3.8) is 0 Å². The molecule has 3 saturated heterocycles. The van der Waals surface area contributed by atoms with E-state index in [1.807, 2.05) is 26.8 Å². The predicted molar refractivity (Wildman–Crippen MR) is 245 cm³/mol. The maximum absolute atomic E-state index is 16.3. The van der Waals surface area contributed by atoms with Gasteiger partial charge in [-0.2, -0.15) is 13.2 Å². The number of alkyl halides is 3. The zero-order chi connectivity index (χ0) is 48.4. The van der Waals surface area contributed by atoms with Gasteiger partial charge in [-0.15, -0.1) is 0 Å². The average molecular weight is 959 g/mol. The number of benzene rings is 3. The van der Waals surface area contributed by atoms with Crippen LogP contribution in [-0.2, 0) is 32.5 Å². The number of pyridine rings is 1. The van der Waals surface area contributed by atoms with Crippen molar-refractivity contribution in [2.24, 2.45) is 5.41 Å². The Morgan fingerprint density at radius 3 is 2.56 bits per heavy atom. The number of amides is 5. The third-order valence-electron chi connectivity index (χ3n) is 13.9. The fourth-order valence-corrected chi connectivity index (χ4v) is 11.0. The van der Waals surface area contributed by atoms with Gasteiger partial charge < -0.3 is 35.8 Å². The number of halogens is 5. The first-order valence-electron chi connectivity index (χ1n) is 22.6. The summed E-state index contributed by atoms with van der Waals surface area (Å²) in [5, 5.41) is 15.2. The number of rotatable bonds is 9. The van der Waals surface area contributed by atoms with Crippen molar-refractivity contribution in [3.05, 3.63) is 111 Å². The normalized spacial score (nSPS) is 24.7. The minimum absolute atomic E-state index is 0.0754. The molecule has 3 fully saturated rings. The molecule has 1 unspecified atom stereocenters. The Morgan fingerprint density at radius 2 is 1.82 bits per heavy atom. The highest BCUT2D eigenvalue weighted by atomic mass is 35.5. The van der Waals surface area contributed by atoms with Gasteiger partial charge in [0, 0.05) is 90.3 Å². The number of hydrogen-bond donors (Lipinski definition) is 5. The van der Waals surface area contributed by atoms with Crippen molar-refractivity contribution in [3.8, 4) is 5.75 Å². The summed E-state index contributed by atoms with van der Waals surface area (Å²) in [6, 6.07) is 13.0. The van der Waals surface area contributed by atoms with E-state index in [0.29, 0.717) is 42.6 Å². The van der Waals surface area contributed by atoms with Crippen LogP contribution in [0.25, 0.3) is 0 Å². The highest BCUT2D eigenvalue weighted by molar-refractivity contribution is 6.30. The van der Waals surface area contributed by atoms with E-state index in [9.17, 15) is 37.1 Å². The van der Waals surface area contributed by atoms with Gasteiger partial charge >= 0.3 is 6.18 Å². The number of likely N-dealkylation sites (tertiary alicyclic amines) is 1. The van der Waals surface area contributed by atoms with Crippen molar-refractivity contribution in [2.75, 3.05) is 42.7 Å². The van der Waals surface area contributed by atoms with E-state index < -0.39 is 59.0 Å². The van der Waals surface area contributed by atoms with E-state index >= 15 is 4.39 Å². The molecule has 6 atom stereocenters. The summed E-state index contributed by atoms with van der Waals surface area (Å²) >= 11 is 6.37. The topological polar surface area (TPSA) is 174 Å². The molecule has 3 aromatic carbocycles. The van der Waals surface area contributed by atoms with Gasteiger partial charge in [-0.1, -0.05) is 44.5 Å². The Kier molecular flexibility index (Phi) is 12.2. The molecule has 0 bridgehead atoms. The fraction of sp³-hybridized carbons (Fsp3) is 0.429. The summed E-state index contributed by atoms with van der Waals surface area (Å²) in [5.74, 6) is -3.47. The summed E-state index contributed by atoms with van der Waals surface area (Å²) in [5.41, 5.74) is 0.702. The minimum Gasteiger partial charge on any atom is -0.495 e. The van der Waals surface area contributed by atoms with Gasteiger partial charge in [0.15, 0.2) is 0 Å². The van der Waals surface area contributed by atoms with Gasteiger partial charge in [0.1, 0.15) is 23.3 Å². The zero-order valence-electron chi connectivity index (χ0n) is 37.8. The molecule has 6 heterocycles. The molecule has 1 spiro atoms. The number of carbonyl (C=O) groups is 5. The number of nitrogens with zero attached hydrogens (tertiary/aromatic N) is 3. The Hall–Kier alpha value is -6.27. The van der Waals surface area contributed by atoms with Gasteiger partial charge in [-0.25, -0.2) is 4.39 Å². The second-order valence-electron chi connectivity index (χ2n) is 19.5. The maximum atomic E-state index is 16.3. The van der Waals surface area contributed by atoms with E-state index in [-0.39, 0.29) is 82.8 Å². The molecule has 5 aliphatic heterocycles. The van der Waals surface area contributed by atoms with E-state index in [4.69, 9.17) is 16.3 Å². The van der Waals surface area contributed by atoms with Crippen LogP contribution in [0.5, 0.6) is 5.75 Å². The van der Waals surface area contributed by atoms with Crippen LogP contribution in [0.1, 0.15) is 102 Å². The predicted octanol–water partition coefficient (Wildman–Crippen LogP) is 7.24. The Bertz CT molecular complexity index is 2730. The monoisotopic (exact) mass is 958 g/mol. The van der Waals surface area contributed by atoms with Crippen LogP contribution < -0.4 is 31.3 Å². The van der Waals surface area contributed by atoms with Crippen molar-refractivity contribution in [1.82, 2.24) is 25.4 Å². The number of piperidine rings is 2. The van der Waals surface area contributed by atoms with E-state index in [2.05, 4.69) is 31.6 Å². The summed E-state index contributed by atoms with van der Waals surface area (Å²) in [4.78, 5) is 73.4. The van der Waals surface area contributed by atoms with Gasteiger partial charge in [0.25, 0.3) is 11.8 Å². The molecule has 5 aliphatic rings. The van der Waals surface area contributed by atoms with Gasteiger partial charge in [-0.3, -0.25) is 34.3 Å². The largest absolute Gasteiger partial charge is 0.495 e. The molecule has 0 saturated carbocycles. The lowest BCUT2D eigenvalue weighted by atomic mass is 9.63. The maximum Gasteiger partial charge on any atom is 0.433 e. The Morgan fingerprint density at radius 1 is 1.03 bits per heavy atom. The highest BCUT2D eigenvalue weighted by Crippen LogP contribution is 2.57. The van der Waals surface area contributed by atoms with Crippen LogP contribution in [0.15, 0.2) is 66.9 Å². The van der Waals surface area contributed by atoms with Gasteiger partial charge in [-0.05, 0) is 90.8 Å². The molecule has 358 valence electrons. The summed E-state index contributed by atoms with van der Waals surface area (Å²) in [7, 11) is 1.41. The third kappa shape index (κ3) is 8.61. The summed E-state index contributed by atoms with van der Waals surface area (Å²) in [6.45, 7) is 7.20. The first-order valence-corrected chi connectivity index (χ1v) is 23.0. The minimum atomic E-state index is -4.71. The van der Waals surface area contributed by atoms with Crippen molar-refractivity contribution >= 4 is 58.2 Å². The van der Waals surface area contributed by atoms with Crippen LogP contribution in [-0.4, -0.2) is 95.2 Å². The molecule has 14 nitrogen and oxygen atoms in total. The number of anilines is 3. The number of carbonyl (C=O) groups excluding carboxylic acids is 5. The highest BCUT2D eigenvalue weighted by Gasteiger charge is 2.62. The quantitative estimate of drug-likeness (QED) is 0.0851. The fourth-order valence-electron chi connectivity index (χ4n) is 10.8. The molecule has 5 amide bonds. The molecule has 4 aromatic rings. The van der Waals surface area contributed by atoms with Crippen LogP contribution in [0.3, 0.4) is 0 Å². The molecule has 0 radical (unpaired) electrons. The summed E-state index contributed by atoms with van der Waals surface area (Å²) < 4.78 is 63.7. The van der Waals surface area contributed by atoms with Crippen molar-refractivity contribution < 1.29 is 46.3 Å². The molecular weight excluding hydrogens is 908 g/mol. The van der Waals surface area contributed by atoms with Crippen LogP contribution in [0.4, 0.5) is 34.6 Å². The number of methoxy groups -OCH3 is 1. The summed E-state index contributed by atoms with van der Waals surface area (Å²) in [6.07, 6.45) is -1.16. The molecule has 0 aliphatic carbocycles. The van der Waals surface area contributed by atoms with Gasteiger partial charge in [0.05, 0.1) is 23.9 Å². The lowest BCUT2D eigenvalue weighted by molar-refractivity contribution is -0.141. The Labute approximate surface area is 394 Å². The number of ether oxygens (including phenoxy) is 1. The Balaban J connectivity index is 0.935. The van der Waals surface area contributed by atoms with E-state index in [0.717, 1.165) is 23.7 Å².